The summed E-state index contributed by atoms with van der Waals surface area (Å²) in [6.07, 6.45) is 2.74. The lowest BCUT2D eigenvalue weighted by molar-refractivity contribution is -0.134. The van der Waals surface area contributed by atoms with Gasteiger partial charge in [0.1, 0.15) is 0 Å². The van der Waals surface area contributed by atoms with Gasteiger partial charge in [0.15, 0.2) is 0 Å². The Balaban J connectivity index is 1.88. The Labute approximate surface area is 99.6 Å². The molecule has 1 unspecified atom stereocenters. The van der Waals surface area contributed by atoms with E-state index in [1.807, 2.05) is 19.1 Å². The maximum Gasteiger partial charge on any atom is 0.243 e. The molecule has 0 spiro atoms. The minimum atomic E-state index is -0.296. The highest BCUT2D eigenvalue weighted by atomic mass is 16.2. The predicted molar refractivity (Wildman–Crippen MR) is 62.0 cm³/mol. The van der Waals surface area contributed by atoms with Crippen molar-refractivity contribution in [2.45, 2.75) is 32.4 Å². The third-order valence-corrected chi connectivity index (χ3v) is 2.74. The van der Waals surface area contributed by atoms with Gasteiger partial charge in [0, 0.05) is 19.2 Å². The molecule has 0 aromatic carbocycles. The Morgan fingerprint density at radius 3 is 2.94 bits per heavy atom. The first-order valence-electron chi connectivity index (χ1n) is 5.64. The number of rotatable bonds is 3. The molecule has 1 aromatic heterocycles. The number of imide groups is 1. The normalized spacial score (nSPS) is 20.2. The van der Waals surface area contributed by atoms with Crippen LogP contribution in [0.4, 0.5) is 0 Å². The number of carbonyl (C=O) groups excluding carboxylic acids is 2. The standard InChI is InChI=1S/C12H15N3O2/c1-8-2-3-9(13-6-8)7-14-10-4-5-11(16)15-12(10)17/h2-3,6,10,14H,4-5,7H2,1H3,(H,15,16,17). The van der Waals surface area contributed by atoms with Crippen LogP contribution in [0.5, 0.6) is 0 Å². The third kappa shape index (κ3) is 3.10. The van der Waals surface area contributed by atoms with E-state index in [0.717, 1.165) is 11.3 Å². The average Bonchev–Trinajstić information content (AvgIpc) is 2.30. The summed E-state index contributed by atoms with van der Waals surface area (Å²) in [7, 11) is 0. The van der Waals surface area contributed by atoms with Crippen LogP contribution in [0.2, 0.25) is 0 Å². The van der Waals surface area contributed by atoms with Gasteiger partial charge >= 0.3 is 0 Å². The van der Waals surface area contributed by atoms with Crippen LogP contribution in [0, 0.1) is 6.92 Å². The molecule has 2 N–H and O–H groups in total. The van der Waals surface area contributed by atoms with E-state index < -0.39 is 0 Å². The quantitative estimate of drug-likeness (QED) is 0.736. The van der Waals surface area contributed by atoms with Crippen LogP contribution in [0.15, 0.2) is 18.3 Å². The SMILES string of the molecule is Cc1ccc(CNC2CCC(=O)NC2=O)nc1. The van der Waals surface area contributed by atoms with Crippen molar-refractivity contribution in [2.24, 2.45) is 0 Å². The number of nitrogens with zero attached hydrogens (tertiary/aromatic N) is 1. The van der Waals surface area contributed by atoms with Gasteiger partial charge in [-0.15, -0.1) is 0 Å². The van der Waals surface area contributed by atoms with Crippen LogP contribution in [0.1, 0.15) is 24.1 Å². The summed E-state index contributed by atoms with van der Waals surface area (Å²) in [5.41, 5.74) is 2.00. The zero-order valence-electron chi connectivity index (χ0n) is 9.69. The molecular formula is C12H15N3O2. The Kier molecular flexibility index (Phi) is 3.49. The largest absolute Gasteiger partial charge is 0.300 e. The number of hydrogen-bond acceptors (Lipinski definition) is 4. The fourth-order valence-corrected chi connectivity index (χ4v) is 1.72. The molecule has 0 aliphatic carbocycles. The molecule has 1 aromatic rings. The van der Waals surface area contributed by atoms with Crippen LogP contribution in [0.3, 0.4) is 0 Å². The molecule has 5 heteroatoms. The van der Waals surface area contributed by atoms with Gasteiger partial charge in [0.2, 0.25) is 11.8 Å². The maximum atomic E-state index is 11.5. The second-order valence-electron chi connectivity index (χ2n) is 4.21. The van der Waals surface area contributed by atoms with E-state index in [1.54, 1.807) is 6.20 Å². The molecule has 2 amide bonds. The summed E-state index contributed by atoms with van der Waals surface area (Å²) in [5, 5.41) is 5.41. The lowest BCUT2D eigenvalue weighted by Crippen LogP contribution is -2.50. The van der Waals surface area contributed by atoms with Gasteiger partial charge in [-0.2, -0.15) is 0 Å². The number of hydrogen-bond donors (Lipinski definition) is 2. The highest BCUT2D eigenvalue weighted by Crippen LogP contribution is 2.05. The molecular weight excluding hydrogens is 218 g/mol. The van der Waals surface area contributed by atoms with Crippen molar-refractivity contribution < 1.29 is 9.59 Å². The number of carbonyl (C=O) groups is 2. The van der Waals surface area contributed by atoms with Gasteiger partial charge in [-0.25, -0.2) is 0 Å². The van der Waals surface area contributed by atoms with E-state index in [9.17, 15) is 9.59 Å². The first-order chi connectivity index (χ1) is 8.15. The second kappa shape index (κ2) is 5.05. The zero-order chi connectivity index (χ0) is 12.3. The zero-order valence-corrected chi connectivity index (χ0v) is 9.69. The minimum Gasteiger partial charge on any atom is -0.300 e. The molecule has 0 radical (unpaired) electrons. The fourth-order valence-electron chi connectivity index (χ4n) is 1.72. The lowest BCUT2D eigenvalue weighted by Gasteiger charge is -2.21. The molecule has 1 aliphatic rings. The van der Waals surface area contributed by atoms with E-state index in [1.165, 1.54) is 0 Å². The topological polar surface area (TPSA) is 71.1 Å². The van der Waals surface area contributed by atoms with E-state index in [4.69, 9.17) is 0 Å². The summed E-state index contributed by atoms with van der Waals surface area (Å²) < 4.78 is 0. The van der Waals surface area contributed by atoms with Crippen molar-refractivity contribution >= 4 is 11.8 Å². The minimum absolute atomic E-state index is 0.193. The Bertz CT molecular complexity index is 428. The van der Waals surface area contributed by atoms with Crippen LogP contribution >= 0.6 is 0 Å². The number of aromatic nitrogens is 1. The molecule has 1 saturated heterocycles. The number of aryl methyl sites for hydroxylation is 1. The summed E-state index contributed by atoms with van der Waals surface area (Å²) in [5.74, 6) is -0.435. The number of piperidine rings is 1. The summed E-state index contributed by atoms with van der Waals surface area (Å²) >= 11 is 0. The summed E-state index contributed by atoms with van der Waals surface area (Å²) in [6.45, 7) is 2.51. The average molecular weight is 233 g/mol. The molecule has 90 valence electrons. The molecule has 1 aliphatic heterocycles. The van der Waals surface area contributed by atoms with Gasteiger partial charge in [-0.05, 0) is 25.0 Å². The van der Waals surface area contributed by atoms with Gasteiger partial charge in [0.05, 0.1) is 11.7 Å². The van der Waals surface area contributed by atoms with Crippen molar-refractivity contribution in [3.8, 4) is 0 Å². The lowest BCUT2D eigenvalue weighted by atomic mass is 10.1. The molecule has 2 rings (SSSR count). The number of nitrogens with one attached hydrogen (secondary N) is 2. The Hall–Kier alpha value is -1.75. The van der Waals surface area contributed by atoms with Crippen LogP contribution in [-0.4, -0.2) is 22.8 Å². The van der Waals surface area contributed by atoms with Crippen LogP contribution in [-0.2, 0) is 16.1 Å². The first kappa shape index (κ1) is 11.7. The van der Waals surface area contributed by atoms with Crippen molar-refractivity contribution in [1.29, 1.82) is 0 Å². The number of pyridine rings is 1. The van der Waals surface area contributed by atoms with Crippen molar-refractivity contribution in [1.82, 2.24) is 15.6 Å². The van der Waals surface area contributed by atoms with Gasteiger partial charge in [0.25, 0.3) is 0 Å². The monoisotopic (exact) mass is 233 g/mol. The Morgan fingerprint density at radius 1 is 1.47 bits per heavy atom. The van der Waals surface area contributed by atoms with Gasteiger partial charge in [-0.3, -0.25) is 19.9 Å². The van der Waals surface area contributed by atoms with Crippen molar-refractivity contribution in [3.63, 3.8) is 0 Å². The van der Waals surface area contributed by atoms with Crippen molar-refractivity contribution in [2.75, 3.05) is 0 Å². The third-order valence-electron chi connectivity index (χ3n) is 2.74. The van der Waals surface area contributed by atoms with Gasteiger partial charge < -0.3 is 5.32 Å². The summed E-state index contributed by atoms with van der Waals surface area (Å²) in [6, 6.07) is 3.61. The molecule has 17 heavy (non-hydrogen) atoms. The van der Waals surface area contributed by atoms with Crippen LogP contribution < -0.4 is 10.6 Å². The predicted octanol–water partition coefficient (Wildman–Crippen LogP) is 0.285. The van der Waals surface area contributed by atoms with E-state index in [2.05, 4.69) is 15.6 Å². The van der Waals surface area contributed by atoms with Crippen LogP contribution in [0.25, 0.3) is 0 Å². The fraction of sp³-hybridized carbons (Fsp3) is 0.417. The van der Waals surface area contributed by atoms with E-state index in [-0.39, 0.29) is 17.9 Å². The smallest absolute Gasteiger partial charge is 0.243 e. The van der Waals surface area contributed by atoms with Crippen molar-refractivity contribution in [3.05, 3.63) is 29.6 Å². The molecule has 2 heterocycles. The molecule has 1 fully saturated rings. The number of amides is 2. The highest BCUT2D eigenvalue weighted by molar-refractivity contribution is 6.00. The second-order valence-corrected chi connectivity index (χ2v) is 4.21. The van der Waals surface area contributed by atoms with Gasteiger partial charge in [-0.1, -0.05) is 6.07 Å². The van der Waals surface area contributed by atoms with E-state index >= 15 is 0 Å². The molecule has 5 nitrogen and oxygen atoms in total. The molecule has 0 saturated carbocycles. The summed E-state index contributed by atoms with van der Waals surface area (Å²) in [4.78, 5) is 26.7. The van der Waals surface area contributed by atoms with E-state index in [0.29, 0.717) is 19.4 Å². The first-order valence-corrected chi connectivity index (χ1v) is 5.64. The molecule has 0 bridgehead atoms. The molecule has 1 atom stereocenters. The Morgan fingerprint density at radius 2 is 2.29 bits per heavy atom. The highest BCUT2D eigenvalue weighted by Gasteiger charge is 2.25. The maximum absolute atomic E-state index is 11.5.